The normalized spacial score (nSPS) is 12.0. The molecule has 0 bridgehead atoms. The highest BCUT2D eigenvalue weighted by atomic mass is 16.4. The molecule has 39 heavy (non-hydrogen) atoms. The zero-order chi connectivity index (χ0) is 29.1. The van der Waals surface area contributed by atoms with Gasteiger partial charge in [0.2, 0.25) is 0 Å². The number of carboxylic acid groups (broad SMARTS) is 1. The molecule has 234 valence electrons. The monoisotopic (exact) mass is 553 g/mol. The molecule has 0 aliphatic rings. The van der Waals surface area contributed by atoms with E-state index in [-0.39, 0.29) is 6.10 Å². The third-order valence-corrected chi connectivity index (χ3v) is 7.68. The van der Waals surface area contributed by atoms with E-state index in [9.17, 15) is 9.90 Å². The fraction of sp³-hybridized carbons (Fsp3) is 0.917. The summed E-state index contributed by atoms with van der Waals surface area (Å²) in [7, 11) is 0. The Balaban J connectivity index is 0. The van der Waals surface area contributed by atoms with Crippen molar-refractivity contribution in [3.8, 4) is 0 Å². The van der Waals surface area contributed by atoms with Crippen LogP contribution in [0, 0.1) is 0 Å². The molecule has 3 heteroatoms. The van der Waals surface area contributed by atoms with Crippen molar-refractivity contribution in [1.82, 2.24) is 0 Å². The number of carboxylic acids is 1. The molecule has 0 saturated heterocycles. The quantitative estimate of drug-likeness (QED) is 0.0688. The van der Waals surface area contributed by atoms with Gasteiger partial charge in [-0.1, -0.05) is 168 Å². The molecule has 1 atom stereocenters. The maximum absolute atomic E-state index is 10.3. The van der Waals surface area contributed by atoms with Gasteiger partial charge in [0.1, 0.15) is 0 Å². The van der Waals surface area contributed by atoms with Gasteiger partial charge in [0.15, 0.2) is 0 Å². The molecular weight excluding hydrogens is 480 g/mol. The average molecular weight is 553 g/mol. The van der Waals surface area contributed by atoms with Crippen molar-refractivity contribution in [2.45, 2.75) is 213 Å². The van der Waals surface area contributed by atoms with E-state index in [2.05, 4.69) is 32.9 Å². The number of carbonyl (C=O) groups is 1. The van der Waals surface area contributed by atoms with Crippen LogP contribution in [0.5, 0.6) is 0 Å². The van der Waals surface area contributed by atoms with E-state index in [4.69, 9.17) is 5.11 Å². The molecule has 0 spiro atoms. The summed E-state index contributed by atoms with van der Waals surface area (Å²) in [5.74, 6) is -0.664. The summed E-state index contributed by atoms with van der Waals surface area (Å²) < 4.78 is 0. The molecule has 0 fully saturated rings. The van der Waals surface area contributed by atoms with Crippen LogP contribution < -0.4 is 0 Å². The summed E-state index contributed by atoms with van der Waals surface area (Å²) in [6, 6.07) is 0. The zero-order valence-electron chi connectivity index (χ0n) is 27.0. The molecule has 0 amide bonds. The van der Waals surface area contributed by atoms with E-state index in [1.54, 1.807) is 0 Å². The predicted molar refractivity (Wildman–Crippen MR) is 174 cm³/mol. The van der Waals surface area contributed by atoms with Gasteiger partial charge in [-0.3, -0.25) is 4.79 Å². The maximum Gasteiger partial charge on any atom is 0.303 e. The first-order valence-corrected chi connectivity index (χ1v) is 17.6. The van der Waals surface area contributed by atoms with Gasteiger partial charge in [0.25, 0.3) is 0 Å². The number of unbranched alkanes of at least 4 members (excludes halogenated alkanes) is 22. The van der Waals surface area contributed by atoms with Crippen LogP contribution in [0.2, 0.25) is 0 Å². The molecule has 3 nitrogen and oxygen atoms in total. The standard InChI is InChI=1S/C18H34O2.C18H38O/c1-2-3-4-5-6-7-8-9-10-11-12-13-14-15-16-17-18(19)20;1-3-5-7-9-11-13-15-17-18(19)16-14-12-10-8-6-4-2/h9-10H,2-8,11-17H2,1H3,(H,19,20);18-19H,3-17H2,1-2H3/b10-9-;. The molecule has 0 saturated carbocycles. The largest absolute Gasteiger partial charge is 0.481 e. The molecule has 0 aliphatic carbocycles. The van der Waals surface area contributed by atoms with Crippen molar-refractivity contribution in [2.24, 2.45) is 0 Å². The second kappa shape index (κ2) is 37.2. The Labute approximate surface area is 246 Å². The van der Waals surface area contributed by atoms with E-state index in [1.165, 1.54) is 154 Å². The molecule has 0 heterocycles. The van der Waals surface area contributed by atoms with Crippen molar-refractivity contribution < 1.29 is 15.0 Å². The number of allylic oxidation sites excluding steroid dienone is 2. The van der Waals surface area contributed by atoms with Crippen molar-refractivity contribution in [3.05, 3.63) is 12.2 Å². The highest BCUT2D eigenvalue weighted by Gasteiger charge is 2.03. The molecular formula is C36H72O3. The van der Waals surface area contributed by atoms with Gasteiger partial charge in [-0.2, -0.15) is 0 Å². The van der Waals surface area contributed by atoms with Gasteiger partial charge in [-0.05, 0) is 44.9 Å². The number of aliphatic carboxylic acids is 1. The Hall–Kier alpha value is -0.830. The number of hydrogen-bond acceptors (Lipinski definition) is 2. The average Bonchev–Trinajstić information content (AvgIpc) is 2.92. The number of hydrogen-bond donors (Lipinski definition) is 2. The SMILES string of the molecule is CCCCCCCC/C=C\CCCCCCCC(=O)O.CCCCCCCCCC(O)CCCCCCCC. The van der Waals surface area contributed by atoms with Crippen LogP contribution in [0.15, 0.2) is 12.2 Å². The first-order valence-electron chi connectivity index (χ1n) is 17.6. The van der Waals surface area contributed by atoms with Crippen LogP contribution in [0.25, 0.3) is 0 Å². The molecule has 1 unspecified atom stereocenters. The Morgan fingerprint density at radius 3 is 1.15 bits per heavy atom. The molecule has 0 radical (unpaired) electrons. The smallest absolute Gasteiger partial charge is 0.303 e. The van der Waals surface area contributed by atoms with Gasteiger partial charge in [-0.15, -0.1) is 0 Å². The Morgan fingerprint density at radius 1 is 0.487 bits per heavy atom. The minimum absolute atomic E-state index is 0.0261. The second-order valence-corrected chi connectivity index (χ2v) is 11.8. The lowest BCUT2D eigenvalue weighted by atomic mass is 10.0. The van der Waals surface area contributed by atoms with Gasteiger partial charge in [-0.25, -0.2) is 0 Å². The molecule has 0 aliphatic heterocycles. The third-order valence-electron chi connectivity index (χ3n) is 7.68. The van der Waals surface area contributed by atoms with Gasteiger partial charge >= 0.3 is 5.97 Å². The van der Waals surface area contributed by atoms with Gasteiger partial charge < -0.3 is 10.2 Å². The van der Waals surface area contributed by atoms with Crippen LogP contribution in [0.3, 0.4) is 0 Å². The van der Waals surface area contributed by atoms with Crippen LogP contribution in [-0.4, -0.2) is 22.3 Å². The summed E-state index contributed by atoms with van der Waals surface area (Å²) in [4.78, 5) is 10.3. The fourth-order valence-electron chi connectivity index (χ4n) is 4.99. The highest BCUT2D eigenvalue weighted by Crippen LogP contribution is 2.14. The van der Waals surface area contributed by atoms with Crippen LogP contribution >= 0.6 is 0 Å². The first-order chi connectivity index (χ1) is 19.1. The fourth-order valence-corrected chi connectivity index (χ4v) is 4.99. The topological polar surface area (TPSA) is 57.5 Å². The Kier molecular flexibility index (Phi) is 38.4. The maximum atomic E-state index is 10.3. The van der Waals surface area contributed by atoms with Crippen molar-refractivity contribution in [1.29, 1.82) is 0 Å². The van der Waals surface area contributed by atoms with Crippen LogP contribution in [0.4, 0.5) is 0 Å². The van der Waals surface area contributed by atoms with Gasteiger partial charge in [0, 0.05) is 6.42 Å². The summed E-state index contributed by atoms with van der Waals surface area (Å²) in [5, 5.41) is 18.4. The van der Waals surface area contributed by atoms with Crippen LogP contribution in [0.1, 0.15) is 207 Å². The summed E-state index contributed by atoms with van der Waals surface area (Å²) in [5.41, 5.74) is 0. The van der Waals surface area contributed by atoms with E-state index < -0.39 is 5.97 Å². The Bertz CT molecular complexity index is 474. The summed E-state index contributed by atoms with van der Waals surface area (Å²) >= 11 is 0. The first kappa shape index (κ1) is 40.3. The minimum Gasteiger partial charge on any atom is -0.481 e. The van der Waals surface area contributed by atoms with Crippen molar-refractivity contribution in [2.75, 3.05) is 0 Å². The lowest BCUT2D eigenvalue weighted by molar-refractivity contribution is -0.137. The van der Waals surface area contributed by atoms with Crippen LogP contribution in [-0.2, 0) is 4.79 Å². The zero-order valence-corrected chi connectivity index (χ0v) is 27.0. The summed E-state index contributed by atoms with van der Waals surface area (Å²) in [6.07, 6.45) is 40.7. The molecule has 2 N–H and O–H groups in total. The highest BCUT2D eigenvalue weighted by molar-refractivity contribution is 5.66. The lowest BCUT2D eigenvalue weighted by Gasteiger charge is -2.10. The number of aliphatic hydroxyl groups is 1. The van der Waals surface area contributed by atoms with E-state index in [1.807, 2.05) is 0 Å². The summed E-state index contributed by atoms with van der Waals surface area (Å²) in [6.45, 7) is 6.78. The molecule has 0 rings (SSSR count). The minimum atomic E-state index is -0.664. The lowest BCUT2D eigenvalue weighted by Crippen LogP contribution is -2.05. The molecule has 0 aromatic carbocycles. The molecule has 0 aromatic rings. The third kappa shape index (κ3) is 41.8. The van der Waals surface area contributed by atoms with E-state index in [0.717, 1.165) is 25.7 Å². The Morgan fingerprint density at radius 2 is 0.795 bits per heavy atom. The van der Waals surface area contributed by atoms with E-state index in [0.29, 0.717) is 6.42 Å². The predicted octanol–water partition coefficient (Wildman–Crippen LogP) is 12.3. The van der Waals surface area contributed by atoms with Crippen molar-refractivity contribution >= 4 is 5.97 Å². The number of rotatable bonds is 30. The van der Waals surface area contributed by atoms with E-state index >= 15 is 0 Å². The molecule has 0 aromatic heterocycles. The van der Waals surface area contributed by atoms with Gasteiger partial charge in [0.05, 0.1) is 6.10 Å². The second-order valence-electron chi connectivity index (χ2n) is 11.8. The van der Waals surface area contributed by atoms with Crippen molar-refractivity contribution in [3.63, 3.8) is 0 Å². The number of aliphatic hydroxyl groups excluding tert-OH is 1.